The molecule has 10 rings (SSSR count). The van der Waals surface area contributed by atoms with Crippen LogP contribution in [-0.2, 0) is 0 Å². The lowest BCUT2D eigenvalue weighted by Crippen LogP contribution is -2.10. The number of nitrogens with zero attached hydrogens (tertiary/aromatic N) is 1. The predicted molar refractivity (Wildman–Crippen MR) is 204 cm³/mol. The van der Waals surface area contributed by atoms with Gasteiger partial charge in [-0.3, -0.25) is 0 Å². The highest BCUT2D eigenvalue weighted by molar-refractivity contribution is 6.19. The zero-order valence-corrected chi connectivity index (χ0v) is 26.5. The van der Waals surface area contributed by atoms with E-state index in [0.717, 1.165) is 66.5 Å². The van der Waals surface area contributed by atoms with Crippen molar-refractivity contribution in [3.63, 3.8) is 0 Å². The van der Waals surface area contributed by atoms with E-state index in [1.54, 1.807) is 0 Å². The Kier molecular flexibility index (Phi) is 6.18. The minimum absolute atomic E-state index is 0.871. The molecule has 0 fully saturated rings. The molecule has 10 aromatic rings. The first kappa shape index (κ1) is 27.5. The molecular formula is C46H29NO2. The number of para-hydroxylation sites is 2. The van der Waals surface area contributed by atoms with Crippen LogP contribution in [0.5, 0.6) is 0 Å². The van der Waals surface area contributed by atoms with Gasteiger partial charge < -0.3 is 13.7 Å². The maximum atomic E-state index is 6.32. The van der Waals surface area contributed by atoms with Crippen molar-refractivity contribution in [2.24, 2.45) is 0 Å². The first-order valence-corrected chi connectivity index (χ1v) is 16.6. The first-order chi connectivity index (χ1) is 24.3. The van der Waals surface area contributed by atoms with E-state index in [0.29, 0.717) is 0 Å². The highest BCUT2D eigenvalue weighted by Crippen LogP contribution is 2.44. The zero-order valence-electron chi connectivity index (χ0n) is 26.5. The standard InChI is InChI=1S/C46H29NO2/c1-2-9-30(10-3-1)31-19-24-35(25-20-31)47(40-13-8-16-43-46(40)38-12-5-7-15-42(38)48-43)36-26-21-32(22-27-36)34-18-17-33-23-28-44-45(39(33)29-34)37-11-4-6-14-41(37)49-44/h1-29H. The molecule has 8 aromatic carbocycles. The van der Waals surface area contributed by atoms with Crippen LogP contribution in [0.4, 0.5) is 17.1 Å². The van der Waals surface area contributed by atoms with Crippen LogP contribution >= 0.6 is 0 Å². The third kappa shape index (κ3) is 4.51. The summed E-state index contributed by atoms with van der Waals surface area (Å²) in [6, 6.07) is 62.1. The average molecular weight is 628 g/mol. The van der Waals surface area contributed by atoms with Gasteiger partial charge in [-0.1, -0.05) is 115 Å². The van der Waals surface area contributed by atoms with Gasteiger partial charge in [0.15, 0.2) is 0 Å². The van der Waals surface area contributed by atoms with Crippen LogP contribution in [0.25, 0.3) is 76.9 Å². The average Bonchev–Trinajstić information content (AvgIpc) is 3.75. The van der Waals surface area contributed by atoms with Crippen molar-refractivity contribution in [1.82, 2.24) is 0 Å². The van der Waals surface area contributed by atoms with Crippen LogP contribution in [0.2, 0.25) is 0 Å². The summed E-state index contributed by atoms with van der Waals surface area (Å²) in [6.45, 7) is 0. The molecule has 0 N–H and O–H groups in total. The molecule has 0 radical (unpaired) electrons. The fourth-order valence-electron chi connectivity index (χ4n) is 7.33. The van der Waals surface area contributed by atoms with Gasteiger partial charge in [-0.2, -0.15) is 0 Å². The molecular weight excluding hydrogens is 599 g/mol. The Bertz CT molecular complexity index is 2810. The number of hydrogen-bond acceptors (Lipinski definition) is 3. The molecule has 0 unspecified atom stereocenters. The van der Waals surface area contributed by atoms with Gasteiger partial charge in [-0.15, -0.1) is 0 Å². The maximum Gasteiger partial charge on any atom is 0.137 e. The fraction of sp³-hybridized carbons (Fsp3) is 0. The molecule has 2 aromatic heterocycles. The first-order valence-electron chi connectivity index (χ1n) is 16.6. The van der Waals surface area contributed by atoms with E-state index >= 15 is 0 Å². The zero-order chi connectivity index (χ0) is 32.3. The molecule has 0 aliphatic carbocycles. The molecule has 49 heavy (non-hydrogen) atoms. The van der Waals surface area contributed by atoms with Gasteiger partial charge in [-0.05, 0) is 93.7 Å². The Balaban J connectivity index is 1.11. The minimum Gasteiger partial charge on any atom is -0.456 e. The summed E-state index contributed by atoms with van der Waals surface area (Å²) in [5.41, 5.74) is 11.5. The van der Waals surface area contributed by atoms with Crippen molar-refractivity contribution in [1.29, 1.82) is 0 Å². The Morgan fingerprint density at radius 3 is 1.53 bits per heavy atom. The van der Waals surface area contributed by atoms with Gasteiger partial charge in [0, 0.05) is 27.5 Å². The van der Waals surface area contributed by atoms with Gasteiger partial charge in [-0.25, -0.2) is 0 Å². The van der Waals surface area contributed by atoms with Crippen LogP contribution in [0.3, 0.4) is 0 Å². The molecule has 0 bridgehead atoms. The monoisotopic (exact) mass is 627 g/mol. The normalized spacial score (nSPS) is 11.7. The molecule has 0 atom stereocenters. The number of benzene rings is 8. The molecule has 230 valence electrons. The summed E-state index contributed by atoms with van der Waals surface area (Å²) < 4.78 is 12.5. The smallest absolute Gasteiger partial charge is 0.137 e. The summed E-state index contributed by atoms with van der Waals surface area (Å²) in [7, 11) is 0. The van der Waals surface area contributed by atoms with Gasteiger partial charge in [0.05, 0.1) is 11.1 Å². The van der Waals surface area contributed by atoms with Crippen molar-refractivity contribution < 1.29 is 8.83 Å². The van der Waals surface area contributed by atoms with E-state index in [1.807, 2.05) is 24.3 Å². The Labute approximate surface area is 282 Å². The lowest BCUT2D eigenvalue weighted by Gasteiger charge is -2.26. The molecule has 3 nitrogen and oxygen atoms in total. The quantitative estimate of drug-likeness (QED) is 0.190. The van der Waals surface area contributed by atoms with E-state index in [-0.39, 0.29) is 0 Å². The Morgan fingerprint density at radius 2 is 0.837 bits per heavy atom. The molecule has 0 aliphatic rings. The number of rotatable bonds is 5. The number of hydrogen-bond donors (Lipinski definition) is 0. The third-order valence-corrected chi connectivity index (χ3v) is 9.67. The highest BCUT2D eigenvalue weighted by atomic mass is 16.3. The van der Waals surface area contributed by atoms with Gasteiger partial charge in [0.25, 0.3) is 0 Å². The molecule has 3 heteroatoms. The minimum atomic E-state index is 0.871. The van der Waals surface area contributed by atoms with Gasteiger partial charge >= 0.3 is 0 Å². The maximum absolute atomic E-state index is 6.32. The summed E-state index contributed by atoms with van der Waals surface area (Å²) in [5.74, 6) is 0. The van der Waals surface area contributed by atoms with E-state index in [2.05, 4.69) is 157 Å². The summed E-state index contributed by atoms with van der Waals surface area (Å²) in [5, 5.41) is 6.90. The second-order valence-corrected chi connectivity index (χ2v) is 12.5. The van der Waals surface area contributed by atoms with Crippen molar-refractivity contribution in [3.8, 4) is 22.3 Å². The third-order valence-electron chi connectivity index (χ3n) is 9.67. The van der Waals surface area contributed by atoms with Crippen molar-refractivity contribution in [2.45, 2.75) is 0 Å². The van der Waals surface area contributed by atoms with Crippen LogP contribution < -0.4 is 4.90 Å². The van der Waals surface area contributed by atoms with Crippen LogP contribution in [0, 0.1) is 0 Å². The molecule has 0 saturated carbocycles. The van der Waals surface area contributed by atoms with Crippen LogP contribution in [-0.4, -0.2) is 0 Å². The van der Waals surface area contributed by atoms with Crippen molar-refractivity contribution in [3.05, 3.63) is 176 Å². The van der Waals surface area contributed by atoms with Gasteiger partial charge in [0.1, 0.15) is 22.3 Å². The number of anilines is 3. The lowest BCUT2D eigenvalue weighted by atomic mass is 9.97. The van der Waals surface area contributed by atoms with E-state index in [4.69, 9.17) is 8.83 Å². The molecule has 2 heterocycles. The van der Waals surface area contributed by atoms with Gasteiger partial charge in [0.2, 0.25) is 0 Å². The second-order valence-electron chi connectivity index (χ2n) is 12.5. The Morgan fingerprint density at radius 1 is 0.327 bits per heavy atom. The van der Waals surface area contributed by atoms with Crippen molar-refractivity contribution >= 4 is 71.7 Å². The number of furan rings is 2. The topological polar surface area (TPSA) is 29.5 Å². The predicted octanol–water partition coefficient (Wildman–Crippen LogP) is 13.4. The molecule has 0 spiro atoms. The molecule has 0 saturated heterocycles. The summed E-state index contributed by atoms with van der Waals surface area (Å²) in [4.78, 5) is 2.34. The number of fused-ring (bicyclic) bond motifs is 8. The fourth-order valence-corrected chi connectivity index (χ4v) is 7.33. The van der Waals surface area contributed by atoms with Crippen LogP contribution in [0.15, 0.2) is 185 Å². The largest absolute Gasteiger partial charge is 0.456 e. The van der Waals surface area contributed by atoms with E-state index in [1.165, 1.54) is 27.5 Å². The molecule has 0 amide bonds. The van der Waals surface area contributed by atoms with Crippen molar-refractivity contribution in [2.75, 3.05) is 4.90 Å². The van der Waals surface area contributed by atoms with E-state index < -0.39 is 0 Å². The molecule has 0 aliphatic heterocycles. The summed E-state index contributed by atoms with van der Waals surface area (Å²) in [6.07, 6.45) is 0. The van der Waals surface area contributed by atoms with Crippen LogP contribution in [0.1, 0.15) is 0 Å². The Hall–Kier alpha value is -6.58. The lowest BCUT2D eigenvalue weighted by molar-refractivity contribution is 0.668. The second kappa shape index (κ2) is 11.0. The highest BCUT2D eigenvalue weighted by Gasteiger charge is 2.20. The SMILES string of the molecule is c1ccc(-c2ccc(N(c3ccc(-c4ccc5ccc6oc7ccccc7c6c5c4)cc3)c3cccc4oc5ccccc5c34)cc2)cc1. The van der Waals surface area contributed by atoms with E-state index in [9.17, 15) is 0 Å². The summed E-state index contributed by atoms with van der Waals surface area (Å²) >= 11 is 0.